The number of rotatable bonds is 5. The molecule has 2 rings (SSSR count). The van der Waals surface area contributed by atoms with Gasteiger partial charge < -0.3 is 9.84 Å². The maximum Gasteiger partial charge on any atom is 0.312 e. The summed E-state index contributed by atoms with van der Waals surface area (Å²) in [4.78, 5) is 23.7. The summed E-state index contributed by atoms with van der Waals surface area (Å²) in [5, 5.41) is 9.29. The highest BCUT2D eigenvalue weighted by molar-refractivity contribution is 7.89. The molecular formula is C16H27NO6S. The minimum Gasteiger partial charge on any atom is -0.481 e. The van der Waals surface area contributed by atoms with Crippen molar-refractivity contribution < 1.29 is 27.9 Å². The molecule has 1 N–H and O–H groups in total. The summed E-state index contributed by atoms with van der Waals surface area (Å²) in [5.41, 5.74) is -0.998. The molecule has 0 aromatic heterocycles. The largest absolute Gasteiger partial charge is 0.481 e. The molecule has 0 unspecified atom stereocenters. The number of methoxy groups -OCH3 is 1. The molecule has 0 amide bonds. The predicted molar refractivity (Wildman–Crippen MR) is 87.8 cm³/mol. The summed E-state index contributed by atoms with van der Waals surface area (Å²) in [6.07, 6.45) is 4.60. The van der Waals surface area contributed by atoms with E-state index in [1.807, 2.05) is 0 Å². The standard InChI is InChI=1S/C16H27NO6S/c1-12-13(14(18)19)7-6-10-17(12)24(21,22)11-16(15(20)23-2)8-4-3-5-9-16/h12-13H,3-11H2,1-2H3,(H,18,19)/t12-,13-/m0/s1. The summed E-state index contributed by atoms with van der Waals surface area (Å²) in [7, 11) is -2.46. The number of ether oxygens (including phenoxy) is 1. The second kappa shape index (κ2) is 7.39. The van der Waals surface area contributed by atoms with Crippen LogP contribution in [0.5, 0.6) is 0 Å². The van der Waals surface area contributed by atoms with Gasteiger partial charge in [0.1, 0.15) is 0 Å². The molecule has 2 atom stereocenters. The fraction of sp³-hybridized carbons (Fsp3) is 0.875. The SMILES string of the molecule is COC(=O)C1(CS(=O)(=O)N2CCC[C@H](C(=O)O)[C@@H]2C)CCCCC1. The Balaban J connectivity index is 2.25. The monoisotopic (exact) mass is 361 g/mol. The predicted octanol–water partition coefficient (Wildman–Crippen LogP) is 1.62. The summed E-state index contributed by atoms with van der Waals surface area (Å²) in [6, 6.07) is -0.598. The highest BCUT2D eigenvalue weighted by atomic mass is 32.2. The molecule has 2 fully saturated rings. The van der Waals surface area contributed by atoms with Crippen molar-refractivity contribution in [2.45, 2.75) is 57.9 Å². The first-order valence-electron chi connectivity index (χ1n) is 8.54. The van der Waals surface area contributed by atoms with Crippen molar-refractivity contribution in [2.75, 3.05) is 19.4 Å². The van der Waals surface area contributed by atoms with Gasteiger partial charge in [0.05, 0.1) is 24.2 Å². The number of nitrogens with zero attached hydrogens (tertiary/aromatic N) is 1. The molecule has 1 aliphatic heterocycles. The smallest absolute Gasteiger partial charge is 0.312 e. The fourth-order valence-electron chi connectivity index (χ4n) is 4.12. The van der Waals surface area contributed by atoms with Crippen LogP contribution in [0.3, 0.4) is 0 Å². The molecule has 0 aromatic rings. The van der Waals surface area contributed by atoms with Gasteiger partial charge in [0.2, 0.25) is 10.0 Å². The molecular weight excluding hydrogens is 334 g/mol. The number of carboxylic acids is 1. The van der Waals surface area contributed by atoms with Crippen molar-refractivity contribution in [2.24, 2.45) is 11.3 Å². The maximum atomic E-state index is 13.0. The number of hydrogen-bond donors (Lipinski definition) is 1. The minimum absolute atomic E-state index is 0.288. The number of hydrogen-bond acceptors (Lipinski definition) is 5. The second-order valence-corrected chi connectivity index (χ2v) is 8.95. The summed E-state index contributed by atoms with van der Waals surface area (Å²) in [6.45, 7) is 1.95. The molecule has 0 aromatic carbocycles. The van der Waals surface area contributed by atoms with Gasteiger partial charge in [0, 0.05) is 12.6 Å². The second-order valence-electron chi connectivity index (χ2n) is 7.03. The molecule has 1 aliphatic carbocycles. The number of sulfonamides is 1. The molecule has 1 saturated heterocycles. The van der Waals surface area contributed by atoms with E-state index in [1.54, 1.807) is 6.92 Å². The van der Waals surface area contributed by atoms with Gasteiger partial charge in [-0.15, -0.1) is 0 Å². The van der Waals surface area contributed by atoms with E-state index in [0.717, 1.165) is 19.3 Å². The van der Waals surface area contributed by atoms with Crippen molar-refractivity contribution >= 4 is 22.0 Å². The van der Waals surface area contributed by atoms with Gasteiger partial charge in [-0.1, -0.05) is 19.3 Å². The van der Waals surface area contributed by atoms with E-state index >= 15 is 0 Å². The first-order chi connectivity index (χ1) is 11.2. The van der Waals surface area contributed by atoms with Crippen molar-refractivity contribution in [3.63, 3.8) is 0 Å². The molecule has 2 aliphatic rings. The quantitative estimate of drug-likeness (QED) is 0.747. The van der Waals surface area contributed by atoms with Gasteiger partial charge in [0.15, 0.2) is 0 Å². The molecule has 8 heteroatoms. The summed E-state index contributed by atoms with van der Waals surface area (Å²) in [5.74, 6) is -2.43. The van der Waals surface area contributed by atoms with Gasteiger partial charge in [-0.2, -0.15) is 4.31 Å². The zero-order valence-corrected chi connectivity index (χ0v) is 15.2. The first-order valence-corrected chi connectivity index (χ1v) is 10.2. The zero-order chi connectivity index (χ0) is 18.0. The van der Waals surface area contributed by atoms with Gasteiger partial charge in [-0.3, -0.25) is 9.59 Å². The molecule has 24 heavy (non-hydrogen) atoms. The normalized spacial score (nSPS) is 28.2. The lowest BCUT2D eigenvalue weighted by atomic mass is 9.75. The number of carbonyl (C=O) groups excluding carboxylic acids is 1. The van der Waals surface area contributed by atoms with Crippen LogP contribution in [0.4, 0.5) is 0 Å². The summed E-state index contributed by atoms with van der Waals surface area (Å²) >= 11 is 0. The van der Waals surface area contributed by atoms with Gasteiger partial charge in [0.25, 0.3) is 0 Å². The lowest BCUT2D eigenvalue weighted by molar-refractivity contribution is -0.153. The molecule has 0 radical (unpaired) electrons. The topological polar surface area (TPSA) is 101 Å². The van der Waals surface area contributed by atoms with Crippen LogP contribution < -0.4 is 0 Å². The molecule has 1 heterocycles. The Morgan fingerprint density at radius 3 is 2.38 bits per heavy atom. The molecule has 1 saturated carbocycles. The molecule has 0 spiro atoms. The van der Waals surface area contributed by atoms with Crippen molar-refractivity contribution in [1.82, 2.24) is 4.31 Å². The van der Waals surface area contributed by atoms with Crippen LogP contribution >= 0.6 is 0 Å². The van der Waals surface area contributed by atoms with Crippen molar-refractivity contribution in [1.29, 1.82) is 0 Å². The minimum atomic E-state index is -3.74. The Morgan fingerprint density at radius 1 is 1.21 bits per heavy atom. The number of carboxylic acid groups (broad SMARTS) is 1. The van der Waals surface area contributed by atoms with Crippen LogP contribution in [-0.4, -0.2) is 55.2 Å². The Hall–Kier alpha value is -1.15. The van der Waals surface area contributed by atoms with Crippen LogP contribution in [0.2, 0.25) is 0 Å². The molecule has 7 nitrogen and oxygen atoms in total. The third-order valence-electron chi connectivity index (χ3n) is 5.49. The van der Waals surface area contributed by atoms with Crippen LogP contribution in [0.15, 0.2) is 0 Å². The van der Waals surface area contributed by atoms with E-state index in [1.165, 1.54) is 11.4 Å². The fourth-order valence-corrected chi connectivity index (χ4v) is 6.45. The van der Waals surface area contributed by atoms with E-state index in [2.05, 4.69) is 0 Å². The number of piperidine rings is 1. The van der Waals surface area contributed by atoms with E-state index in [4.69, 9.17) is 4.74 Å². The number of aliphatic carboxylic acids is 1. The van der Waals surface area contributed by atoms with Crippen LogP contribution in [0.25, 0.3) is 0 Å². The average molecular weight is 361 g/mol. The van der Waals surface area contributed by atoms with E-state index in [0.29, 0.717) is 32.2 Å². The summed E-state index contributed by atoms with van der Waals surface area (Å²) < 4.78 is 32.1. The first kappa shape index (κ1) is 19.2. The van der Waals surface area contributed by atoms with Gasteiger partial charge >= 0.3 is 11.9 Å². The van der Waals surface area contributed by atoms with E-state index < -0.39 is 39.3 Å². The van der Waals surface area contributed by atoms with Gasteiger partial charge in [-0.25, -0.2) is 8.42 Å². The molecule has 138 valence electrons. The maximum absolute atomic E-state index is 13.0. The number of esters is 1. The lowest BCUT2D eigenvalue weighted by Gasteiger charge is -2.40. The third kappa shape index (κ3) is 3.74. The Morgan fingerprint density at radius 2 is 1.83 bits per heavy atom. The molecule has 0 bridgehead atoms. The highest BCUT2D eigenvalue weighted by Crippen LogP contribution is 2.40. The van der Waals surface area contributed by atoms with Crippen LogP contribution in [-0.2, 0) is 24.3 Å². The van der Waals surface area contributed by atoms with Crippen molar-refractivity contribution in [3.8, 4) is 0 Å². The highest BCUT2D eigenvalue weighted by Gasteiger charge is 2.48. The van der Waals surface area contributed by atoms with Crippen LogP contribution in [0, 0.1) is 11.3 Å². The Labute approximate surface area is 143 Å². The number of carbonyl (C=O) groups is 2. The van der Waals surface area contributed by atoms with E-state index in [9.17, 15) is 23.1 Å². The van der Waals surface area contributed by atoms with E-state index in [-0.39, 0.29) is 5.75 Å². The van der Waals surface area contributed by atoms with Gasteiger partial charge in [-0.05, 0) is 32.6 Å². The Kier molecular flexibility index (Phi) is 5.91. The zero-order valence-electron chi connectivity index (χ0n) is 14.4. The average Bonchev–Trinajstić information content (AvgIpc) is 2.54. The van der Waals surface area contributed by atoms with Crippen LogP contribution in [0.1, 0.15) is 51.9 Å². The Bertz CT molecular complexity index is 581. The lowest BCUT2D eigenvalue weighted by Crippen LogP contribution is -2.53. The van der Waals surface area contributed by atoms with Crippen molar-refractivity contribution in [3.05, 3.63) is 0 Å². The third-order valence-corrected chi connectivity index (χ3v) is 7.64.